The summed E-state index contributed by atoms with van der Waals surface area (Å²) in [6.45, 7) is 8.13. The number of thioether (sulfide) groups is 1. The number of carbonyl (C=O) groups excluding carboxylic acids is 2. The van der Waals surface area contributed by atoms with Crippen LogP contribution in [0.2, 0.25) is 0 Å². The maximum absolute atomic E-state index is 12.6. The van der Waals surface area contributed by atoms with E-state index in [9.17, 15) is 19.7 Å². The van der Waals surface area contributed by atoms with Crippen molar-refractivity contribution < 1.29 is 14.5 Å². The van der Waals surface area contributed by atoms with E-state index in [1.807, 2.05) is 39.0 Å². The molecule has 0 saturated heterocycles. The SMILES string of the molecule is CCn1c(CC(=O)Nc2ccc(C)cc2C)nnc1SCC(=O)Nc1cc([N+](=O)[O-])ccc1C. The zero-order valence-electron chi connectivity index (χ0n) is 19.4. The molecule has 0 aliphatic heterocycles. The number of nitrogens with one attached hydrogen (secondary N) is 2. The summed E-state index contributed by atoms with van der Waals surface area (Å²) in [6, 6.07) is 10.1. The molecule has 3 aromatic rings. The van der Waals surface area contributed by atoms with Crippen LogP contribution in [0.1, 0.15) is 29.4 Å². The number of carbonyl (C=O) groups is 2. The minimum absolute atomic E-state index is 0.0367. The molecule has 0 radical (unpaired) electrons. The third-order valence-electron chi connectivity index (χ3n) is 5.12. The summed E-state index contributed by atoms with van der Waals surface area (Å²) in [5.74, 6) is 0.00903. The summed E-state index contributed by atoms with van der Waals surface area (Å²) in [6.07, 6.45) is 0.0494. The lowest BCUT2D eigenvalue weighted by molar-refractivity contribution is -0.384. The van der Waals surface area contributed by atoms with Crippen LogP contribution >= 0.6 is 11.8 Å². The van der Waals surface area contributed by atoms with E-state index in [1.165, 1.54) is 23.9 Å². The van der Waals surface area contributed by atoms with Crippen molar-refractivity contribution in [1.82, 2.24) is 14.8 Å². The van der Waals surface area contributed by atoms with Crippen LogP contribution < -0.4 is 10.6 Å². The van der Waals surface area contributed by atoms with E-state index in [-0.39, 0.29) is 29.7 Å². The standard InChI is InChI=1S/C23H26N6O4S/c1-5-28-20(12-21(30)24-18-9-6-14(2)10-16(18)4)26-27-23(28)34-13-22(31)25-19-11-17(29(32)33)8-7-15(19)3/h6-11H,5,12-13H2,1-4H3,(H,24,30)(H,25,31). The third-order valence-corrected chi connectivity index (χ3v) is 6.09. The molecule has 34 heavy (non-hydrogen) atoms. The van der Waals surface area contributed by atoms with Crippen molar-refractivity contribution in [2.45, 2.75) is 45.8 Å². The minimum Gasteiger partial charge on any atom is -0.325 e. The summed E-state index contributed by atoms with van der Waals surface area (Å²) < 4.78 is 1.79. The van der Waals surface area contributed by atoms with Gasteiger partial charge in [-0.3, -0.25) is 19.7 Å². The highest BCUT2D eigenvalue weighted by molar-refractivity contribution is 7.99. The number of non-ortho nitro benzene ring substituents is 1. The van der Waals surface area contributed by atoms with Crippen LogP contribution in [-0.2, 0) is 22.6 Å². The Hall–Kier alpha value is -3.73. The highest BCUT2D eigenvalue weighted by atomic mass is 32.2. The first-order valence-electron chi connectivity index (χ1n) is 10.6. The number of aromatic nitrogens is 3. The number of hydrogen-bond acceptors (Lipinski definition) is 7. The second-order valence-electron chi connectivity index (χ2n) is 7.78. The maximum atomic E-state index is 12.6. The fourth-order valence-corrected chi connectivity index (χ4v) is 4.16. The Balaban J connectivity index is 1.62. The lowest BCUT2D eigenvalue weighted by Gasteiger charge is -2.10. The largest absolute Gasteiger partial charge is 0.325 e. The number of amides is 2. The first-order valence-corrected chi connectivity index (χ1v) is 11.6. The maximum Gasteiger partial charge on any atom is 0.271 e. The van der Waals surface area contributed by atoms with E-state index in [2.05, 4.69) is 20.8 Å². The Bertz CT molecular complexity index is 1240. The molecule has 178 valence electrons. The van der Waals surface area contributed by atoms with Gasteiger partial charge in [-0.15, -0.1) is 10.2 Å². The molecule has 0 atom stereocenters. The Morgan fingerprint density at radius 2 is 1.74 bits per heavy atom. The van der Waals surface area contributed by atoms with E-state index in [4.69, 9.17) is 0 Å². The van der Waals surface area contributed by atoms with Crippen LogP contribution in [0.3, 0.4) is 0 Å². The van der Waals surface area contributed by atoms with E-state index in [0.717, 1.165) is 22.4 Å². The second-order valence-corrected chi connectivity index (χ2v) is 8.72. The molecule has 0 bridgehead atoms. The molecule has 0 spiro atoms. The van der Waals surface area contributed by atoms with Gasteiger partial charge in [0.1, 0.15) is 5.82 Å². The van der Waals surface area contributed by atoms with Crippen LogP contribution in [0.25, 0.3) is 0 Å². The molecule has 10 nitrogen and oxygen atoms in total. The van der Waals surface area contributed by atoms with Gasteiger partial charge in [0.05, 0.1) is 22.8 Å². The van der Waals surface area contributed by atoms with Crippen molar-refractivity contribution in [3.05, 3.63) is 69.0 Å². The van der Waals surface area contributed by atoms with Gasteiger partial charge in [-0.05, 0) is 44.9 Å². The molecule has 2 amide bonds. The Morgan fingerprint density at radius 3 is 2.41 bits per heavy atom. The number of hydrogen-bond donors (Lipinski definition) is 2. The van der Waals surface area contributed by atoms with Crippen LogP contribution in [0, 0.1) is 30.9 Å². The van der Waals surface area contributed by atoms with Gasteiger partial charge in [0, 0.05) is 24.4 Å². The highest BCUT2D eigenvalue weighted by Gasteiger charge is 2.17. The van der Waals surface area contributed by atoms with Gasteiger partial charge in [0.15, 0.2) is 5.16 Å². The van der Waals surface area contributed by atoms with Crippen LogP contribution in [-0.4, -0.2) is 37.3 Å². The summed E-state index contributed by atoms with van der Waals surface area (Å²) in [4.78, 5) is 35.5. The predicted molar refractivity (Wildman–Crippen MR) is 131 cm³/mol. The molecule has 2 N–H and O–H groups in total. The van der Waals surface area contributed by atoms with Crippen molar-refractivity contribution in [1.29, 1.82) is 0 Å². The Kier molecular flexibility index (Phi) is 8.00. The molecule has 0 unspecified atom stereocenters. The molecule has 1 aromatic heterocycles. The van der Waals surface area contributed by atoms with Crippen LogP contribution in [0.4, 0.5) is 17.1 Å². The van der Waals surface area contributed by atoms with Crippen molar-refractivity contribution in [2.24, 2.45) is 0 Å². The van der Waals surface area contributed by atoms with Gasteiger partial charge in [-0.1, -0.05) is 35.5 Å². The van der Waals surface area contributed by atoms with Gasteiger partial charge in [0.2, 0.25) is 11.8 Å². The Morgan fingerprint density at radius 1 is 1.00 bits per heavy atom. The fraction of sp³-hybridized carbons (Fsp3) is 0.304. The number of nitrogens with zero attached hydrogens (tertiary/aromatic N) is 4. The monoisotopic (exact) mass is 482 g/mol. The van der Waals surface area contributed by atoms with Gasteiger partial charge < -0.3 is 15.2 Å². The predicted octanol–water partition coefficient (Wildman–Crippen LogP) is 4.04. The molecule has 0 fully saturated rings. The summed E-state index contributed by atoms with van der Waals surface area (Å²) in [7, 11) is 0. The fourth-order valence-electron chi connectivity index (χ4n) is 3.34. The molecule has 0 saturated carbocycles. The number of anilines is 2. The number of nitro groups is 1. The molecular formula is C23H26N6O4S. The minimum atomic E-state index is -0.509. The zero-order valence-corrected chi connectivity index (χ0v) is 20.2. The molecule has 2 aromatic carbocycles. The third kappa shape index (κ3) is 6.19. The van der Waals surface area contributed by atoms with E-state index >= 15 is 0 Å². The van der Waals surface area contributed by atoms with Gasteiger partial charge >= 0.3 is 0 Å². The number of benzene rings is 2. The van der Waals surface area contributed by atoms with Gasteiger partial charge in [0.25, 0.3) is 5.69 Å². The van der Waals surface area contributed by atoms with Gasteiger partial charge in [-0.25, -0.2) is 0 Å². The van der Waals surface area contributed by atoms with Crippen LogP contribution in [0.5, 0.6) is 0 Å². The molecule has 11 heteroatoms. The lowest BCUT2D eigenvalue weighted by atomic mass is 10.1. The second kappa shape index (κ2) is 10.9. The zero-order chi connectivity index (χ0) is 24.8. The normalized spacial score (nSPS) is 10.7. The highest BCUT2D eigenvalue weighted by Crippen LogP contribution is 2.23. The van der Waals surface area contributed by atoms with Crippen molar-refractivity contribution >= 4 is 40.6 Å². The van der Waals surface area contributed by atoms with E-state index in [1.54, 1.807) is 17.6 Å². The van der Waals surface area contributed by atoms with Crippen molar-refractivity contribution in [3.63, 3.8) is 0 Å². The number of nitro benzene ring substituents is 1. The average Bonchev–Trinajstić information content (AvgIpc) is 3.16. The summed E-state index contributed by atoms with van der Waals surface area (Å²) in [5.41, 5.74) is 3.86. The smallest absolute Gasteiger partial charge is 0.271 e. The quantitative estimate of drug-likeness (QED) is 0.267. The van der Waals surface area contributed by atoms with Crippen molar-refractivity contribution in [3.8, 4) is 0 Å². The van der Waals surface area contributed by atoms with E-state index < -0.39 is 4.92 Å². The molecule has 1 heterocycles. The lowest BCUT2D eigenvalue weighted by Crippen LogP contribution is -2.18. The first-order chi connectivity index (χ1) is 16.2. The molecular weight excluding hydrogens is 456 g/mol. The van der Waals surface area contributed by atoms with Crippen molar-refractivity contribution in [2.75, 3.05) is 16.4 Å². The molecule has 0 aliphatic rings. The number of aryl methyl sites for hydroxylation is 3. The van der Waals surface area contributed by atoms with Gasteiger partial charge in [-0.2, -0.15) is 0 Å². The summed E-state index contributed by atoms with van der Waals surface area (Å²) in [5, 5.41) is 25.4. The van der Waals surface area contributed by atoms with Crippen LogP contribution in [0.15, 0.2) is 41.6 Å². The Labute approximate surface area is 201 Å². The number of rotatable bonds is 9. The van der Waals surface area contributed by atoms with E-state index in [0.29, 0.717) is 23.2 Å². The topological polar surface area (TPSA) is 132 Å². The first kappa shape index (κ1) is 24.9. The average molecular weight is 483 g/mol. The summed E-state index contributed by atoms with van der Waals surface area (Å²) >= 11 is 1.18. The molecule has 0 aliphatic carbocycles. The molecule has 3 rings (SSSR count).